The molecule has 176 valence electrons. The fourth-order valence-corrected chi connectivity index (χ4v) is 6.67. The van der Waals surface area contributed by atoms with Crippen molar-refractivity contribution in [3.05, 3.63) is 46.8 Å². The van der Waals surface area contributed by atoms with E-state index < -0.39 is 10.0 Å². The van der Waals surface area contributed by atoms with Crippen LogP contribution in [-0.4, -0.2) is 51.4 Å². The summed E-state index contributed by atoms with van der Waals surface area (Å²) in [5.41, 5.74) is 0.499. The number of methoxy groups -OCH3 is 1. The standard InChI is InChI=1S/C23H33N3O4S2/c1-3-4-5-6-13-24-19-12-14-26(17-19)32(28,29)22-11-10-21(31-22)16-25-23(27)18-8-7-9-20(15-18)30-2/h7-11,15,19,24H,3-6,12-14,16-17H2,1-2H3,(H,25,27). The Bertz CT molecular complexity index is 991. The molecule has 0 radical (unpaired) electrons. The van der Waals surface area contributed by atoms with Crippen LogP contribution in [0.2, 0.25) is 0 Å². The number of nitrogens with one attached hydrogen (secondary N) is 2. The lowest BCUT2D eigenvalue weighted by Crippen LogP contribution is -2.35. The molecule has 0 saturated carbocycles. The second-order valence-electron chi connectivity index (χ2n) is 8.00. The first-order valence-corrected chi connectivity index (χ1v) is 13.4. The zero-order chi connectivity index (χ0) is 23.0. The van der Waals surface area contributed by atoms with Gasteiger partial charge >= 0.3 is 0 Å². The van der Waals surface area contributed by atoms with Crippen molar-refractivity contribution in [3.8, 4) is 5.75 Å². The molecule has 32 heavy (non-hydrogen) atoms. The Kier molecular flexibility index (Phi) is 9.10. The van der Waals surface area contributed by atoms with Gasteiger partial charge in [0.25, 0.3) is 15.9 Å². The van der Waals surface area contributed by atoms with E-state index in [2.05, 4.69) is 17.6 Å². The summed E-state index contributed by atoms with van der Waals surface area (Å²) in [6.07, 6.45) is 5.63. The van der Waals surface area contributed by atoms with Gasteiger partial charge in [-0.3, -0.25) is 4.79 Å². The number of rotatable bonds is 12. The summed E-state index contributed by atoms with van der Waals surface area (Å²) in [4.78, 5) is 13.2. The molecule has 0 spiro atoms. The van der Waals surface area contributed by atoms with E-state index in [-0.39, 0.29) is 18.5 Å². The number of thiophene rings is 1. The van der Waals surface area contributed by atoms with Gasteiger partial charge in [0.1, 0.15) is 9.96 Å². The third-order valence-corrected chi connectivity index (χ3v) is 9.02. The SMILES string of the molecule is CCCCCCNC1CCN(S(=O)(=O)c2ccc(CNC(=O)c3cccc(OC)c3)s2)C1. The molecule has 2 aromatic rings. The van der Waals surface area contributed by atoms with E-state index in [1.807, 2.05) is 0 Å². The molecule has 2 N–H and O–H groups in total. The number of carbonyl (C=O) groups is 1. The smallest absolute Gasteiger partial charge is 0.252 e. The molecule has 7 nitrogen and oxygen atoms in total. The van der Waals surface area contributed by atoms with Crippen molar-refractivity contribution in [2.75, 3.05) is 26.7 Å². The average Bonchev–Trinajstić information content (AvgIpc) is 3.48. The van der Waals surface area contributed by atoms with Crippen molar-refractivity contribution in [1.82, 2.24) is 14.9 Å². The summed E-state index contributed by atoms with van der Waals surface area (Å²) >= 11 is 1.21. The lowest BCUT2D eigenvalue weighted by atomic mass is 10.2. The van der Waals surface area contributed by atoms with E-state index in [9.17, 15) is 13.2 Å². The summed E-state index contributed by atoms with van der Waals surface area (Å²) in [5.74, 6) is 0.385. The van der Waals surface area contributed by atoms with Gasteiger partial charge in [0, 0.05) is 29.6 Å². The van der Waals surface area contributed by atoms with Crippen LogP contribution in [0.15, 0.2) is 40.6 Å². The number of nitrogens with zero attached hydrogens (tertiary/aromatic N) is 1. The fraction of sp³-hybridized carbons (Fsp3) is 0.522. The zero-order valence-electron chi connectivity index (χ0n) is 18.8. The first kappa shape index (κ1) is 24.7. The van der Waals surface area contributed by atoms with Gasteiger partial charge in [0.05, 0.1) is 13.7 Å². The molecular formula is C23H33N3O4S2. The Labute approximate surface area is 195 Å². The Hall–Kier alpha value is -1.94. The van der Waals surface area contributed by atoms with Crippen molar-refractivity contribution < 1.29 is 17.9 Å². The molecule has 0 bridgehead atoms. The predicted molar refractivity (Wildman–Crippen MR) is 128 cm³/mol. The van der Waals surface area contributed by atoms with Crippen LogP contribution in [0.3, 0.4) is 0 Å². The topological polar surface area (TPSA) is 87.7 Å². The maximum absolute atomic E-state index is 13.0. The Morgan fingerprint density at radius 1 is 1.22 bits per heavy atom. The van der Waals surface area contributed by atoms with Crippen molar-refractivity contribution in [1.29, 1.82) is 0 Å². The van der Waals surface area contributed by atoms with E-state index >= 15 is 0 Å². The normalized spacial score (nSPS) is 16.9. The Morgan fingerprint density at radius 2 is 2.06 bits per heavy atom. The molecule has 1 amide bonds. The summed E-state index contributed by atoms with van der Waals surface area (Å²) in [7, 11) is -1.95. The van der Waals surface area contributed by atoms with E-state index in [1.54, 1.807) is 47.8 Å². The monoisotopic (exact) mass is 479 g/mol. The average molecular weight is 480 g/mol. The molecule has 1 aliphatic heterocycles. The van der Waals surface area contributed by atoms with E-state index in [4.69, 9.17) is 4.74 Å². The molecule has 2 heterocycles. The fourth-order valence-electron chi connectivity index (χ4n) is 3.72. The maximum atomic E-state index is 13.0. The number of hydrogen-bond donors (Lipinski definition) is 2. The van der Waals surface area contributed by atoms with E-state index in [0.29, 0.717) is 28.6 Å². The zero-order valence-corrected chi connectivity index (χ0v) is 20.4. The minimum atomic E-state index is -3.51. The predicted octanol–water partition coefficient (Wildman–Crippen LogP) is 3.62. The van der Waals surface area contributed by atoms with E-state index in [1.165, 1.54) is 30.6 Å². The molecule has 1 aromatic carbocycles. The van der Waals surface area contributed by atoms with Crippen molar-refractivity contribution in [2.24, 2.45) is 0 Å². The van der Waals surface area contributed by atoms with Crippen LogP contribution in [0, 0.1) is 0 Å². The number of carbonyl (C=O) groups excluding carboxylic acids is 1. The molecule has 1 saturated heterocycles. The maximum Gasteiger partial charge on any atom is 0.252 e. The van der Waals surface area contributed by atoms with Crippen LogP contribution >= 0.6 is 11.3 Å². The molecule has 1 unspecified atom stereocenters. The van der Waals surface area contributed by atoms with Gasteiger partial charge in [-0.1, -0.05) is 32.3 Å². The summed E-state index contributed by atoms with van der Waals surface area (Å²) < 4.78 is 33.1. The number of sulfonamides is 1. The van der Waals surface area contributed by atoms with Gasteiger partial charge in [0.15, 0.2) is 0 Å². The quantitative estimate of drug-likeness (QED) is 0.454. The van der Waals surface area contributed by atoms with Gasteiger partial charge in [-0.15, -0.1) is 11.3 Å². The molecular weight excluding hydrogens is 446 g/mol. The minimum absolute atomic E-state index is 0.216. The van der Waals surface area contributed by atoms with Crippen LogP contribution in [-0.2, 0) is 16.6 Å². The summed E-state index contributed by atoms with van der Waals surface area (Å²) in [6.45, 7) is 4.45. The first-order chi connectivity index (χ1) is 15.4. The summed E-state index contributed by atoms with van der Waals surface area (Å²) in [5, 5.41) is 6.34. The third-order valence-electron chi connectivity index (χ3n) is 5.60. The highest BCUT2D eigenvalue weighted by molar-refractivity contribution is 7.91. The number of benzene rings is 1. The van der Waals surface area contributed by atoms with Gasteiger partial charge < -0.3 is 15.4 Å². The number of hydrogen-bond acceptors (Lipinski definition) is 6. The molecule has 1 aliphatic rings. The third kappa shape index (κ3) is 6.54. The van der Waals surface area contributed by atoms with Crippen LogP contribution in [0.1, 0.15) is 54.3 Å². The Morgan fingerprint density at radius 3 is 2.84 bits per heavy atom. The minimum Gasteiger partial charge on any atom is -0.497 e. The van der Waals surface area contributed by atoms with Crippen LogP contribution in [0.5, 0.6) is 5.75 Å². The highest BCUT2D eigenvalue weighted by Gasteiger charge is 2.33. The number of unbranched alkanes of at least 4 members (excludes halogenated alkanes) is 3. The highest BCUT2D eigenvalue weighted by atomic mass is 32.2. The molecule has 1 atom stereocenters. The van der Waals surface area contributed by atoms with Gasteiger partial charge in [-0.25, -0.2) is 8.42 Å². The molecule has 3 rings (SSSR count). The second kappa shape index (κ2) is 11.8. The highest BCUT2D eigenvalue weighted by Crippen LogP contribution is 2.27. The lowest BCUT2D eigenvalue weighted by molar-refractivity contribution is 0.0951. The van der Waals surface area contributed by atoms with Crippen LogP contribution < -0.4 is 15.4 Å². The van der Waals surface area contributed by atoms with E-state index in [0.717, 1.165) is 24.3 Å². The van der Waals surface area contributed by atoms with Gasteiger partial charge in [-0.2, -0.15) is 4.31 Å². The van der Waals surface area contributed by atoms with Crippen molar-refractivity contribution in [3.63, 3.8) is 0 Å². The molecule has 0 aliphatic carbocycles. The number of amides is 1. The number of ether oxygens (including phenoxy) is 1. The second-order valence-corrected chi connectivity index (χ2v) is 11.3. The first-order valence-electron chi connectivity index (χ1n) is 11.2. The lowest BCUT2D eigenvalue weighted by Gasteiger charge is -2.16. The van der Waals surface area contributed by atoms with Crippen molar-refractivity contribution in [2.45, 2.75) is 55.8 Å². The molecule has 1 aromatic heterocycles. The van der Waals surface area contributed by atoms with Gasteiger partial charge in [-0.05, 0) is 49.7 Å². The Balaban J connectivity index is 1.51. The van der Waals surface area contributed by atoms with Crippen LogP contribution in [0.25, 0.3) is 0 Å². The molecule has 1 fully saturated rings. The largest absolute Gasteiger partial charge is 0.497 e. The summed E-state index contributed by atoms with van der Waals surface area (Å²) in [6, 6.07) is 10.5. The van der Waals surface area contributed by atoms with Crippen molar-refractivity contribution >= 4 is 27.3 Å². The van der Waals surface area contributed by atoms with Gasteiger partial charge in [0.2, 0.25) is 0 Å². The molecule has 9 heteroatoms. The van der Waals surface area contributed by atoms with Crippen LogP contribution in [0.4, 0.5) is 0 Å².